The first kappa shape index (κ1) is 20.5. The number of halogens is 2. The molecule has 2 aromatic heterocycles. The summed E-state index contributed by atoms with van der Waals surface area (Å²) in [6.45, 7) is 6.08. The molecule has 0 unspecified atom stereocenters. The summed E-state index contributed by atoms with van der Waals surface area (Å²) in [6, 6.07) is 7.78. The zero-order valence-electron chi connectivity index (χ0n) is 16.0. The summed E-state index contributed by atoms with van der Waals surface area (Å²) in [5.74, 6) is 0.0194. The molecule has 2 heterocycles. The zero-order valence-corrected chi connectivity index (χ0v) is 16.7. The number of benzene rings is 1. The molecule has 0 aliphatic heterocycles. The van der Waals surface area contributed by atoms with Gasteiger partial charge in [0.25, 0.3) is 0 Å². The molecule has 8 heteroatoms. The number of allylic oxidation sites excluding steroid dienone is 1. The third-order valence-electron chi connectivity index (χ3n) is 4.05. The van der Waals surface area contributed by atoms with Crippen molar-refractivity contribution >= 4 is 23.4 Å². The summed E-state index contributed by atoms with van der Waals surface area (Å²) >= 11 is 5.77. The average Bonchev–Trinajstić information content (AvgIpc) is 3.21. The molecule has 6 nitrogen and oxygen atoms in total. The van der Waals surface area contributed by atoms with E-state index >= 15 is 0 Å². The van der Waals surface area contributed by atoms with Crippen molar-refractivity contribution in [3.63, 3.8) is 0 Å². The number of furan rings is 1. The van der Waals surface area contributed by atoms with Crippen molar-refractivity contribution < 1.29 is 18.3 Å². The van der Waals surface area contributed by atoms with Gasteiger partial charge in [0, 0.05) is 11.1 Å². The van der Waals surface area contributed by atoms with Gasteiger partial charge in [-0.2, -0.15) is 0 Å². The highest BCUT2D eigenvalue weighted by Gasteiger charge is 2.22. The van der Waals surface area contributed by atoms with Crippen LogP contribution >= 0.6 is 11.6 Å². The van der Waals surface area contributed by atoms with E-state index in [1.54, 1.807) is 18.4 Å². The molecule has 1 aromatic carbocycles. The Hall–Kier alpha value is -3.19. The largest absolute Gasteiger partial charge is 0.467 e. The molecule has 150 valence electrons. The number of aromatic nitrogens is 2. The molecule has 0 saturated carbocycles. The number of hydrogen-bond donors (Lipinski definition) is 1. The molecule has 29 heavy (non-hydrogen) atoms. The van der Waals surface area contributed by atoms with Crippen molar-refractivity contribution in [2.45, 2.75) is 19.9 Å². The molecule has 1 N–H and O–H groups in total. The lowest BCUT2D eigenvalue weighted by Gasteiger charge is -2.15. The maximum Gasteiger partial charge on any atom is 0.357 e. The van der Waals surface area contributed by atoms with E-state index < -0.39 is 11.8 Å². The highest BCUT2D eigenvalue weighted by Crippen LogP contribution is 2.27. The fourth-order valence-electron chi connectivity index (χ4n) is 2.71. The lowest BCUT2D eigenvalue weighted by Crippen LogP contribution is -2.15. The van der Waals surface area contributed by atoms with Crippen LogP contribution in [0.1, 0.15) is 28.7 Å². The number of carbonyl (C=O) groups excluding carboxylic acids is 1. The van der Waals surface area contributed by atoms with Gasteiger partial charge in [0.15, 0.2) is 11.5 Å². The van der Waals surface area contributed by atoms with Crippen LogP contribution in [0.15, 0.2) is 53.2 Å². The molecule has 0 fully saturated rings. The van der Waals surface area contributed by atoms with E-state index in [0.717, 1.165) is 5.57 Å². The zero-order chi connectivity index (χ0) is 21.0. The SMILES string of the molecule is C=C(C)Cc1c(NCc2ccco2)nc(-c2ccc(Cl)c(F)c2)nc1C(=O)OC. The second kappa shape index (κ2) is 8.87. The van der Waals surface area contributed by atoms with E-state index in [9.17, 15) is 9.18 Å². The summed E-state index contributed by atoms with van der Waals surface area (Å²) in [6.07, 6.45) is 1.92. The quantitative estimate of drug-likeness (QED) is 0.430. The topological polar surface area (TPSA) is 77.3 Å². The van der Waals surface area contributed by atoms with Crippen LogP contribution in [0.2, 0.25) is 5.02 Å². The van der Waals surface area contributed by atoms with Gasteiger partial charge in [-0.05, 0) is 43.7 Å². The van der Waals surface area contributed by atoms with Crippen LogP contribution in [0.4, 0.5) is 10.2 Å². The fraction of sp³-hybridized carbons (Fsp3) is 0.190. The van der Waals surface area contributed by atoms with Gasteiger partial charge < -0.3 is 14.5 Å². The van der Waals surface area contributed by atoms with E-state index in [0.29, 0.717) is 35.7 Å². The summed E-state index contributed by atoms with van der Waals surface area (Å²) in [5, 5.41) is 3.15. The van der Waals surface area contributed by atoms with Crippen LogP contribution in [-0.2, 0) is 17.7 Å². The van der Waals surface area contributed by atoms with E-state index in [1.165, 1.54) is 19.2 Å². The van der Waals surface area contributed by atoms with Gasteiger partial charge in [0.2, 0.25) is 0 Å². The van der Waals surface area contributed by atoms with Crippen LogP contribution in [0.3, 0.4) is 0 Å². The number of methoxy groups -OCH3 is 1. The Labute approximate surface area is 172 Å². The number of carbonyl (C=O) groups is 1. The van der Waals surface area contributed by atoms with Gasteiger partial charge in [-0.25, -0.2) is 19.2 Å². The lowest BCUT2D eigenvalue weighted by molar-refractivity contribution is 0.0593. The highest BCUT2D eigenvalue weighted by molar-refractivity contribution is 6.30. The maximum absolute atomic E-state index is 14.0. The van der Waals surface area contributed by atoms with E-state index in [1.807, 2.05) is 13.0 Å². The molecule has 0 aliphatic carbocycles. The molecule has 3 rings (SSSR count). The molecule has 0 saturated heterocycles. The van der Waals surface area contributed by atoms with Gasteiger partial charge in [-0.15, -0.1) is 0 Å². The normalized spacial score (nSPS) is 10.6. The third-order valence-corrected chi connectivity index (χ3v) is 4.36. The molecule has 0 radical (unpaired) electrons. The molecule has 0 aliphatic rings. The molecular weight excluding hydrogens is 397 g/mol. The number of esters is 1. The van der Waals surface area contributed by atoms with Crippen LogP contribution in [0.25, 0.3) is 11.4 Å². The second-order valence-electron chi connectivity index (χ2n) is 6.41. The Morgan fingerprint density at radius 3 is 2.76 bits per heavy atom. The third kappa shape index (κ3) is 4.81. The Bertz CT molecular complexity index is 1050. The van der Waals surface area contributed by atoms with Crippen molar-refractivity contribution in [1.29, 1.82) is 0 Å². The predicted molar refractivity (Wildman–Crippen MR) is 108 cm³/mol. The van der Waals surface area contributed by atoms with Crippen LogP contribution in [0, 0.1) is 5.82 Å². The van der Waals surface area contributed by atoms with Gasteiger partial charge in [0.1, 0.15) is 17.4 Å². The summed E-state index contributed by atoms with van der Waals surface area (Å²) in [5.41, 5.74) is 1.80. The molecular formula is C21H19ClFN3O3. The lowest BCUT2D eigenvalue weighted by atomic mass is 10.0. The number of hydrogen-bond acceptors (Lipinski definition) is 6. The molecule has 0 amide bonds. The summed E-state index contributed by atoms with van der Waals surface area (Å²) in [7, 11) is 1.27. The Morgan fingerprint density at radius 1 is 1.34 bits per heavy atom. The van der Waals surface area contributed by atoms with Gasteiger partial charge in [-0.1, -0.05) is 23.8 Å². The van der Waals surface area contributed by atoms with Crippen LogP contribution in [0.5, 0.6) is 0 Å². The van der Waals surface area contributed by atoms with Crippen LogP contribution < -0.4 is 5.32 Å². The van der Waals surface area contributed by atoms with Crippen molar-refractivity contribution in [3.05, 3.63) is 76.6 Å². The molecule has 0 bridgehead atoms. The van der Waals surface area contributed by atoms with E-state index in [4.69, 9.17) is 20.8 Å². The highest BCUT2D eigenvalue weighted by atomic mass is 35.5. The van der Waals surface area contributed by atoms with Gasteiger partial charge in [-0.3, -0.25) is 0 Å². The first-order valence-corrected chi connectivity index (χ1v) is 9.12. The Balaban J connectivity index is 2.13. The minimum absolute atomic E-state index is 0.0167. The minimum atomic E-state index is -0.625. The van der Waals surface area contributed by atoms with E-state index in [2.05, 4.69) is 21.9 Å². The fourth-order valence-corrected chi connectivity index (χ4v) is 2.83. The number of nitrogens with one attached hydrogen (secondary N) is 1. The predicted octanol–water partition coefficient (Wildman–Crippen LogP) is 5.05. The van der Waals surface area contributed by atoms with E-state index in [-0.39, 0.29) is 16.5 Å². The minimum Gasteiger partial charge on any atom is -0.467 e. The number of ether oxygens (including phenoxy) is 1. The standard InChI is InChI=1S/C21H19ClFN3O3/c1-12(2)9-15-18(21(27)28-3)25-19(13-6-7-16(22)17(23)10-13)26-20(15)24-11-14-5-4-8-29-14/h4-8,10H,1,9,11H2,2-3H3,(H,24,25,26). The Kier molecular flexibility index (Phi) is 6.29. The number of anilines is 1. The summed E-state index contributed by atoms with van der Waals surface area (Å²) in [4.78, 5) is 21.3. The van der Waals surface area contributed by atoms with Gasteiger partial charge in [0.05, 0.1) is 24.9 Å². The first-order chi connectivity index (χ1) is 13.9. The summed E-state index contributed by atoms with van der Waals surface area (Å²) < 4.78 is 24.2. The number of nitrogens with zero attached hydrogens (tertiary/aromatic N) is 2. The monoisotopic (exact) mass is 415 g/mol. The first-order valence-electron chi connectivity index (χ1n) is 8.74. The second-order valence-corrected chi connectivity index (χ2v) is 6.82. The maximum atomic E-state index is 14.0. The van der Waals surface area contributed by atoms with Crippen molar-refractivity contribution in [3.8, 4) is 11.4 Å². The molecule has 0 spiro atoms. The van der Waals surface area contributed by atoms with Crippen molar-refractivity contribution in [1.82, 2.24) is 9.97 Å². The molecule has 0 atom stereocenters. The number of rotatable bonds is 7. The van der Waals surface area contributed by atoms with Crippen LogP contribution in [-0.4, -0.2) is 23.0 Å². The van der Waals surface area contributed by atoms with Crippen molar-refractivity contribution in [2.75, 3.05) is 12.4 Å². The molecule has 3 aromatic rings. The average molecular weight is 416 g/mol. The Morgan fingerprint density at radius 2 is 2.14 bits per heavy atom. The van der Waals surface area contributed by atoms with Crippen molar-refractivity contribution in [2.24, 2.45) is 0 Å². The van der Waals surface area contributed by atoms with Gasteiger partial charge >= 0.3 is 5.97 Å². The smallest absolute Gasteiger partial charge is 0.357 e.